The Morgan fingerprint density at radius 1 is 0.731 bits per heavy atom. The fourth-order valence-electron chi connectivity index (χ4n) is 3.17. The third-order valence-electron chi connectivity index (χ3n) is 4.26. The Labute approximate surface area is 166 Å². The molecule has 0 saturated heterocycles. The number of halogens is 1. The lowest BCUT2D eigenvalue weighted by molar-refractivity contribution is -0.139. The molecule has 0 atom stereocenters. The quantitative estimate of drug-likeness (QED) is 0.324. The zero-order valence-electron chi connectivity index (χ0n) is 14.7. The average Bonchev–Trinajstić information content (AvgIpc) is 2.68. The molecule has 0 aliphatic rings. The van der Waals surface area contributed by atoms with Crippen molar-refractivity contribution in [1.29, 1.82) is 0 Å². The van der Waals surface area contributed by atoms with E-state index in [2.05, 4.69) is 36.4 Å². The van der Waals surface area contributed by atoms with Gasteiger partial charge in [0.25, 0.3) is 0 Å². The van der Waals surface area contributed by atoms with Gasteiger partial charge in [-0.15, -0.1) is 0 Å². The maximum atomic E-state index is 12.6. The summed E-state index contributed by atoms with van der Waals surface area (Å²) in [5.41, 5.74) is 0. The molecule has 0 amide bonds. The first-order chi connectivity index (χ1) is 12.3. The minimum atomic E-state index is -2.11. The van der Waals surface area contributed by atoms with Crippen LogP contribution in [0.3, 0.4) is 0 Å². The molecule has 0 radical (unpaired) electrons. The smallest absolute Gasteiger partial charge is 0.345 e. The third-order valence-corrected chi connectivity index (χ3v) is 8.53. The Balaban J connectivity index is 0.00000243. The summed E-state index contributed by atoms with van der Waals surface area (Å²) in [5, 5.41) is 3.58. The molecule has 0 heterocycles. The molecule has 3 rings (SSSR count). The van der Waals surface area contributed by atoms with Gasteiger partial charge in [-0.3, -0.25) is 0 Å². The summed E-state index contributed by atoms with van der Waals surface area (Å²) in [6.07, 6.45) is 0.374. The van der Waals surface area contributed by atoms with Gasteiger partial charge in [0, 0.05) is 0 Å². The number of esters is 1. The first kappa shape index (κ1) is 20.4. The van der Waals surface area contributed by atoms with Gasteiger partial charge in [-0.25, -0.2) is 4.79 Å². The molecule has 0 aliphatic heterocycles. The number of hydrogen-bond donors (Lipinski definition) is 0. The summed E-state index contributed by atoms with van der Waals surface area (Å²) in [7, 11) is -2.11. The van der Waals surface area contributed by atoms with Crippen molar-refractivity contribution in [1.82, 2.24) is 0 Å². The molecule has 2 nitrogen and oxygen atoms in total. The molecule has 0 aromatic heterocycles. The molecular formula is C22H22BrO2P. The van der Waals surface area contributed by atoms with E-state index in [0.717, 1.165) is 0 Å². The average molecular weight is 431 g/mol. The second-order valence-electron chi connectivity index (χ2n) is 5.78. The van der Waals surface area contributed by atoms with Gasteiger partial charge < -0.3 is 21.7 Å². The maximum Gasteiger partial charge on any atom is 0.345 e. The summed E-state index contributed by atoms with van der Waals surface area (Å²) in [6.45, 7) is 2.25. The number of hydrogen-bond acceptors (Lipinski definition) is 2. The summed E-state index contributed by atoms with van der Waals surface area (Å²) in [4.78, 5) is 12.6. The van der Waals surface area contributed by atoms with Crippen LogP contribution in [0.4, 0.5) is 0 Å². The largest absolute Gasteiger partial charge is 1.00 e. The van der Waals surface area contributed by atoms with Gasteiger partial charge in [0.1, 0.15) is 23.2 Å². The molecule has 0 spiro atoms. The summed E-state index contributed by atoms with van der Waals surface area (Å²) >= 11 is 0. The molecule has 0 fully saturated rings. The van der Waals surface area contributed by atoms with Crippen LogP contribution in [0, 0.1) is 0 Å². The molecule has 0 saturated carbocycles. The van der Waals surface area contributed by atoms with Crippen molar-refractivity contribution in [2.24, 2.45) is 0 Å². The van der Waals surface area contributed by atoms with Crippen LogP contribution >= 0.6 is 7.26 Å². The van der Waals surface area contributed by atoms with Crippen LogP contribution in [0.15, 0.2) is 91.0 Å². The number of carbonyl (C=O) groups excluding carboxylic acids is 1. The molecule has 0 bridgehead atoms. The van der Waals surface area contributed by atoms with Crippen molar-refractivity contribution in [3.63, 3.8) is 0 Å². The zero-order valence-corrected chi connectivity index (χ0v) is 17.2. The van der Waals surface area contributed by atoms with Crippen molar-refractivity contribution < 1.29 is 26.5 Å². The van der Waals surface area contributed by atoms with Crippen LogP contribution in [0.25, 0.3) is 0 Å². The van der Waals surface area contributed by atoms with Crippen LogP contribution in [0.5, 0.6) is 0 Å². The summed E-state index contributed by atoms with van der Waals surface area (Å²) in [5.74, 6) is -0.146. The monoisotopic (exact) mass is 430 g/mol. The van der Waals surface area contributed by atoms with Gasteiger partial charge in [0.05, 0.1) is 6.61 Å². The summed E-state index contributed by atoms with van der Waals surface area (Å²) in [6, 6.07) is 31.1. The topological polar surface area (TPSA) is 26.3 Å². The van der Waals surface area contributed by atoms with E-state index < -0.39 is 7.26 Å². The second-order valence-corrected chi connectivity index (χ2v) is 9.26. The predicted molar refractivity (Wildman–Crippen MR) is 107 cm³/mol. The molecule has 4 heteroatoms. The predicted octanol–water partition coefficient (Wildman–Crippen LogP) is 0.548. The van der Waals surface area contributed by atoms with Crippen molar-refractivity contribution in [3.8, 4) is 0 Å². The van der Waals surface area contributed by atoms with E-state index in [1.165, 1.54) is 15.9 Å². The van der Waals surface area contributed by atoms with E-state index in [0.29, 0.717) is 12.8 Å². The Kier molecular flexibility index (Phi) is 7.56. The zero-order chi connectivity index (χ0) is 17.5. The van der Waals surface area contributed by atoms with Crippen LogP contribution < -0.4 is 32.9 Å². The van der Waals surface area contributed by atoms with E-state index in [4.69, 9.17) is 4.74 Å². The van der Waals surface area contributed by atoms with Crippen LogP contribution in [0.1, 0.15) is 6.92 Å². The minimum absolute atomic E-state index is 0. The highest BCUT2D eigenvalue weighted by atomic mass is 79.9. The van der Waals surface area contributed by atoms with Crippen LogP contribution in [-0.4, -0.2) is 18.7 Å². The Hall–Kier alpha value is -1.96. The molecule has 0 N–H and O–H groups in total. The number of ether oxygens (including phenoxy) is 1. The van der Waals surface area contributed by atoms with Crippen molar-refractivity contribution in [2.45, 2.75) is 6.92 Å². The fourth-order valence-corrected chi connectivity index (χ4v) is 7.13. The van der Waals surface area contributed by atoms with E-state index in [9.17, 15) is 4.79 Å². The lowest BCUT2D eigenvalue weighted by atomic mass is 10.4. The molecule has 0 aliphatic carbocycles. The number of benzene rings is 3. The summed E-state index contributed by atoms with van der Waals surface area (Å²) < 4.78 is 5.35. The first-order valence-electron chi connectivity index (χ1n) is 8.48. The minimum Gasteiger partial charge on any atom is -1.00 e. The van der Waals surface area contributed by atoms with Gasteiger partial charge in [-0.05, 0) is 43.3 Å². The second kappa shape index (κ2) is 9.66. The Bertz CT molecular complexity index is 711. The first-order valence-corrected chi connectivity index (χ1v) is 10.5. The Morgan fingerprint density at radius 2 is 1.08 bits per heavy atom. The van der Waals surface area contributed by atoms with Crippen molar-refractivity contribution >= 4 is 29.1 Å². The fraction of sp³-hybridized carbons (Fsp3) is 0.136. The molecule has 134 valence electrons. The van der Waals surface area contributed by atoms with E-state index in [1.807, 2.05) is 61.5 Å². The molecule has 3 aromatic rings. The lowest BCUT2D eigenvalue weighted by Crippen LogP contribution is -3.00. The molecule has 26 heavy (non-hydrogen) atoms. The lowest BCUT2D eigenvalue weighted by Gasteiger charge is -2.26. The van der Waals surface area contributed by atoms with Gasteiger partial charge in [0.2, 0.25) is 0 Å². The molecular weight excluding hydrogens is 409 g/mol. The highest BCUT2D eigenvalue weighted by Crippen LogP contribution is 2.55. The van der Waals surface area contributed by atoms with Crippen molar-refractivity contribution in [3.05, 3.63) is 91.0 Å². The van der Waals surface area contributed by atoms with Gasteiger partial charge in [-0.1, -0.05) is 54.6 Å². The van der Waals surface area contributed by atoms with Gasteiger partial charge >= 0.3 is 5.97 Å². The molecule has 3 aromatic carbocycles. The van der Waals surface area contributed by atoms with Crippen LogP contribution in [-0.2, 0) is 9.53 Å². The SMILES string of the molecule is CCO[13C](=O)[13CH2][P+](c1ccccc1)(c1ccccc1)c1ccccc1.[Br-]. The van der Waals surface area contributed by atoms with Gasteiger partial charge in [0.15, 0.2) is 6.16 Å². The van der Waals surface area contributed by atoms with E-state index in [1.54, 1.807) is 0 Å². The number of carbonyl (C=O) groups is 1. The van der Waals surface area contributed by atoms with E-state index >= 15 is 0 Å². The normalized spacial score (nSPS) is 10.7. The number of rotatable bonds is 6. The highest BCUT2D eigenvalue weighted by Gasteiger charge is 2.47. The third kappa shape index (κ3) is 4.23. The van der Waals surface area contributed by atoms with Crippen molar-refractivity contribution in [2.75, 3.05) is 12.8 Å². The molecule has 0 unspecified atom stereocenters. The van der Waals surface area contributed by atoms with Crippen LogP contribution in [0.2, 0.25) is 0 Å². The van der Waals surface area contributed by atoms with E-state index in [-0.39, 0.29) is 23.0 Å². The maximum absolute atomic E-state index is 12.6. The standard InChI is InChI=1S/C22H22O2P.BrH/c1-2-24-22(23)18-25(19-12-6-3-7-13-19,20-14-8-4-9-15-20)21-16-10-5-11-17-21;/h3-17H,2,18H2,1H3;1H/q+1;/p-1/i18+1,22+1;. The Morgan fingerprint density at radius 3 is 1.38 bits per heavy atom. The highest BCUT2D eigenvalue weighted by molar-refractivity contribution is 7.96. The van der Waals surface area contributed by atoms with Gasteiger partial charge in [-0.2, -0.15) is 0 Å².